The van der Waals surface area contributed by atoms with Gasteiger partial charge in [-0.25, -0.2) is 9.37 Å². The maximum absolute atomic E-state index is 13.2. The molecule has 0 atom stereocenters. The quantitative estimate of drug-likeness (QED) is 0.463. The first-order valence-electron chi connectivity index (χ1n) is 8.46. The Labute approximate surface area is 170 Å². The SMILES string of the molecule is CCOC(=O)Cc1csc(SCC(=O)N(CCC(N)=O)c2ccc(F)cc2)n1. The second-order valence-electron chi connectivity index (χ2n) is 5.61. The molecule has 0 bridgehead atoms. The number of nitrogens with two attached hydrogens (primary N) is 1. The fraction of sp³-hybridized carbons (Fsp3) is 0.333. The molecule has 0 saturated carbocycles. The summed E-state index contributed by atoms with van der Waals surface area (Å²) in [7, 11) is 0. The van der Waals surface area contributed by atoms with Gasteiger partial charge in [-0.3, -0.25) is 14.4 Å². The molecule has 1 aromatic heterocycles. The van der Waals surface area contributed by atoms with Crippen molar-refractivity contribution in [1.29, 1.82) is 0 Å². The van der Waals surface area contributed by atoms with Gasteiger partial charge in [-0.15, -0.1) is 11.3 Å². The van der Waals surface area contributed by atoms with E-state index in [0.29, 0.717) is 22.3 Å². The van der Waals surface area contributed by atoms with E-state index in [1.54, 1.807) is 12.3 Å². The molecule has 10 heteroatoms. The maximum atomic E-state index is 13.2. The number of esters is 1. The van der Waals surface area contributed by atoms with Gasteiger partial charge < -0.3 is 15.4 Å². The lowest BCUT2D eigenvalue weighted by Gasteiger charge is -2.22. The number of thioether (sulfide) groups is 1. The van der Waals surface area contributed by atoms with Gasteiger partial charge in [0.05, 0.1) is 24.5 Å². The van der Waals surface area contributed by atoms with Crippen LogP contribution in [0.25, 0.3) is 0 Å². The highest BCUT2D eigenvalue weighted by Crippen LogP contribution is 2.25. The predicted molar refractivity (Wildman–Crippen MR) is 106 cm³/mol. The molecule has 0 spiro atoms. The molecule has 0 aliphatic carbocycles. The molecule has 0 saturated heterocycles. The van der Waals surface area contributed by atoms with Gasteiger partial charge in [-0.2, -0.15) is 0 Å². The molecular weight excluding hydrogens is 405 g/mol. The Balaban J connectivity index is 1.99. The average molecular weight is 426 g/mol. The highest BCUT2D eigenvalue weighted by Gasteiger charge is 2.18. The fourth-order valence-corrected chi connectivity index (χ4v) is 3.96. The second kappa shape index (κ2) is 10.8. The van der Waals surface area contributed by atoms with Crippen molar-refractivity contribution in [2.75, 3.05) is 23.8 Å². The third-order valence-electron chi connectivity index (χ3n) is 3.50. The number of benzene rings is 1. The van der Waals surface area contributed by atoms with Crippen LogP contribution in [0.4, 0.5) is 10.1 Å². The fourth-order valence-electron chi connectivity index (χ4n) is 2.24. The number of ether oxygens (including phenoxy) is 1. The Bertz CT molecular complexity index is 826. The predicted octanol–water partition coefficient (Wildman–Crippen LogP) is 2.39. The van der Waals surface area contributed by atoms with Crippen LogP contribution in [-0.2, 0) is 25.5 Å². The summed E-state index contributed by atoms with van der Waals surface area (Å²) in [5.41, 5.74) is 6.25. The van der Waals surface area contributed by atoms with E-state index >= 15 is 0 Å². The summed E-state index contributed by atoms with van der Waals surface area (Å²) in [5, 5.41) is 1.74. The number of carbonyl (C=O) groups is 3. The van der Waals surface area contributed by atoms with Gasteiger partial charge in [0.1, 0.15) is 5.82 Å². The van der Waals surface area contributed by atoms with Crippen molar-refractivity contribution >= 4 is 46.6 Å². The van der Waals surface area contributed by atoms with E-state index in [2.05, 4.69) is 4.98 Å². The summed E-state index contributed by atoms with van der Waals surface area (Å²) in [5.74, 6) is -1.49. The zero-order valence-electron chi connectivity index (χ0n) is 15.2. The monoisotopic (exact) mass is 425 g/mol. The van der Waals surface area contributed by atoms with Crippen LogP contribution in [0.1, 0.15) is 19.0 Å². The van der Waals surface area contributed by atoms with Crippen molar-refractivity contribution in [1.82, 2.24) is 4.98 Å². The van der Waals surface area contributed by atoms with E-state index < -0.39 is 11.7 Å². The Morgan fingerprint density at radius 2 is 2.00 bits per heavy atom. The molecule has 1 heterocycles. The van der Waals surface area contributed by atoms with Crippen molar-refractivity contribution in [3.8, 4) is 0 Å². The van der Waals surface area contributed by atoms with E-state index in [1.165, 1.54) is 52.3 Å². The zero-order chi connectivity index (χ0) is 20.5. The molecule has 7 nitrogen and oxygen atoms in total. The Morgan fingerprint density at radius 1 is 1.29 bits per heavy atom. The van der Waals surface area contributed by atoms with Crippen LogP contribution >= 0.6 is 23.1 Å². The van der Waals surface area contributed by atoms with Gasteiger partial charge in [0.15, 0.2) is 4.34 Å². The smallest absolute Gasteiger partial charge is 0.311 e. The summed E-state index contributed by atoms with van der Waals surface area (Å²) < 4.78 is 18.7. The maximum Gasteiger partial charge on any atom is 0.311 e. The van der Waals surface area contributed by atoms with E-state index in [0.717, 1.165) is 0 Å². The van der Waals surface area contributed by atoms with Gasteiger partial charge in [0.25, 0.3) is 0 Å². The zero-order valence-corrected chi connectivity index (χ0v) is 16.9. The molecule has 2 rings (SSSR count). The molecule has 0 unspecified atom stereocenters. The van der Waals surface area contributed by atoms with Gasteiger partial charge in [0, 0.05) is 24.0 Å². The second-order valence-corrected chi connectivity index (χ2v) is 7.69. The molecular formula is C18H20FN3O4S2. The number of aromatic nitrogens is 1. The Kier molecular flexibility index (Phi) is 8.40. The lowest BCUT2D eigenvalue weighted by atomic mass is 10.2. The van der Waals surface area contributed by atoms with Crippen LogP contribution in [0.3, 0.4) is 0 Å². The molecule has 1 aromatic carbocycles. The molecule has 28 heavy (non-hydrogen) atoms. The first-order chi connectivity index (χ1) is 13.4. The third kappa shape index (κ3) is 6.93. The van der Waals surface area contributed by atoms with E-state index in [-0.39, 0.29) is 37.0 Å². The average Bonchev–Trinajstić information content (AvgIpc) is 3.08. The number of carbonyl (C=O) groups excluding carboxylic acids is 3. The third-order valence-corrected chi connectivity index (χ3v) is 5.56. The molecule has 2 amide bonds. The van der Waals surface area contributed by atoms with Crippen LogP contribution in [0.2, 0.25) is 0 Å². The van der Waals surface area contributed by atoms with Crippen molar-refractivity contribution in [3.05, 3.63) is 41.2 Å². The van der Waals surface area contributed by atoms with Crippen molar-refractivity contribution in [3.63, 3.8) is 0 Å². The minimum absolute atomic E-state index is 0.00523. The van der Waals surface area contributed by atoms with Gasteiger partial charge in [0.2, 0.25) is 11.8 Å². The standard InChI is InChI=1S/C18H20FN3O4S2/c1-2-26-17(25)9-13-10-27-18(21-13)28-11-16(24)22(8-7-15(20)23)14-5-3-12(19)4-6-14/h3-6,10H,2,7-9,11H2,1H3,(H2,20,23). The Hall–Kier alpha value is -2.46. The van der Waals surface area contributed by atoms with E-state index in [1.807, 2.05) is 0 Å². The number of nitrogens with zero attached hydrogens (tertiary/aromatic N) is 2. The number of primary amides is 1. The largest absolute Gasteiger partial charge is 0.466 e. The van der Waals surface area contributed by atoms with Gasteiger partial charge in [-0.05, 0) is 31.2 Å². The number of thiazole rings is 1. The van der Waals surface area contributed by atoms with Crippen molar-refractivity contribution in [2.24, 2.45) is 5.73 Å². The number of halogens is 1. The lowest BCUT2D eigenvalue weighted by molar-refractivity contribution is -0.142. The van der Waals surface area contributed by atoms with Crippen molar-refractivity contribution in [2.45, 2.75) is 24.1 Å². The number of anilines is 1. The van der Waals surface area contributed by atoms with Crippen LogP contribution in [-0.4, -0.2) is 41.7 Å². The highest BCUT2D eigenvalue weighted by molar-refractivity contribution is 8.01. The van der Waals surface area contributed by atoms with Gasteiger partial charge >= 0.3 is 5.97 Å². The molecule has 0 radical (unpaired) electrons. The summed E-state index contributed by atoms with van der Waals surface area (Å²) in [6.45, 7) is 2.15. The number of hydrogen-bond acceptors (Lipinski definition) is 7. The summed E-state index contributed by atoms with van der Waals surface area (Å²) in [4.78, 5) is 40.9. The number of rotatable bonds is 10. The molecule has 150 valence electrons. The summed E-state index contributed by atoms with van der Waals surface area (Å²) >= 11 is 2.55. The first kappa shape index (κ1) is 21.8. The lowest BCUT2D eigenvalue weighted by Crippen LogP contribution is -2.35. The Morgan fingerprint density at radius 3 is 2.64 bits per heavy atom. The topological polar surface area (TPSA) is 103 Å². The summed E-state index contributed by atoms with van der Waals surface area (Å²) in [6, 6.07) is 5.44. The molecule has 0 aliphatic rings. The van der Waals surface area contributed by atoms with Crippen molar-refractivity contribution < 1.29 is 23.5 Å². The molecule has 2 N–H and O–H groups in total. The highest BCUT2D eigenvalue weighted by atomic mass is 32.2. The van der Waals surface area contributed by atoms with E-state index in [4.69, 9.17) is 10.5 Å². The van der Waals surface area contributed by atoms with E-state index in [9.17, 15) is 18.8 Å². The number of amides is 2. The molecule has 2 aromatic rings. The minimum atomic E-state index is -0.531. The minimum Gasteiger partial charge on any atom is -0.466 e. The van der Waals surface area contributed by atoms with Crippen LogP contribution in [0.15, 0.2) is 34.0 Å². The first-order valence-corrected chi connectivity index (χ1v) is 10.3. The normalized spacial score (nSPS) is 10.5. The van der Waals surface area contributed by atoms with Crippen LogP contribution < -0.4 is 10.6 Å². The molecule has 0 aliphatic heterocycles. The van der Waals surface area contributed by atoms with Crippen LogP contribution in [0, 0.1) is 5.82 Å². The number of hydrogen-bond donors (Lipinski definition) is 1. The van der Waals surface area contributed by atoms with Crippen LogP contribution in [0.5, 0.6) is 0 Å². The van der Waals surface area contributed by atoms with Gasteiger partial charge in [-0.1, -0.05) is 11.8 Å². The summed E-state index contributed by atoms with van der Waals surface area (Å²) in [6.07, 6.45) is 0.0773. The molecule has 0 fully saturated rings.